The van der Waals surface area contributed by atoms with E-state index < -0.39 is 49.0 Å². The van der Waals surface area contributed by atoms with E-state index in [0.29, 0.717) is 0 Å². The molecule has 0 aromatic carbocycles. The molecule has 1 N–H and O–H groups in total. The predicted octanol–water partition coefficient (Wildman–Crippen LogP) is 1.60. The predicted molar refractivity (Wildman–Crippen MR) is 43.2 cm³/mol. The summed E-state index contributed by atoms with van der Waals surface area (Å²) < 4.78 is 90.0. The Morgan fingerprint density at radius 3 is 2.00 bits per heavy atom. The van der Waals surface area contributed by atoms with Gasteiger partial charge in [0.15, 0.2) is 0 Å². The van der Waals surface area contributed by atoms with E-state index in [4.69, 9.17) is 0 Å². The van der Waals surface area contributed by atoms with E-state index in [1.165, 1.54) is 0 Å². The van der Waals surface area contributed by atoms with Crippen molar-refractivity contribution in [2.75, 3.05) is 0 Å². The Morgan fingerprint density at radius 1 is 1.21 bits per heavy atom. The van der Waals surface area contributed by atoms with E-state index in [-0.39, 0.29) is 0 Å². The highest BCUT2D eigenvalue weighted by atomic mass is 19.4. The third-order valence-corrected chi connectivity index (χ3v) is 2.34. The molecular weight excluding hydrogens is 291 g/mol. The zero-order chi connectivity index (χ0) is 15.1. The normalized spacial score (nSPS) is 23.3. The van der Waals surface area contributed by atoms with Crippen molar-refractivity contribution in [2.45, 2.75) is 37.0 Å². The molecule has 1 heterocycles. The highest BCUT2D eigenvalue weighted by Gasteiger charge is 2.78. The lowest BCUT2D eigenvalue weighted by Crippen LogP contribution is -2.65. The number of rotatable bonds is 3. The Labute approximate surface area is 100 Å². The van der Waals surface area contributed by atoms with Crippen molar-refractivity contribution < 1.29 is 45.1 Å². The van der Waals surface area contributed by atoms with Gasteiger partial charge in [-0.2, -0.15) is 30.7 Å². The number of hydrogen-bond acceptors (Lipinski definition) is 4. The Bertz CT molecular complexity index is 375. The maximum Gasteiger partial charge on any atom is 0.452 e. The Balaban J connectivity index is 3.00. The first-order valence-corrected chi connectivity index (χ1v) is 4.73. The topological polar surface area (TPSA) is 55.4 Å². The van der Waals surface area contributed by atoms with Crippen molar-refractivity contribution in [3.63, 3.8) is 0 Å². The molecule has 4 nitrogen and oxygen atoms in total. The van der Waals surface area contributed by atoms with Crippen LogP contribution in [0.5, 0.6) is 0 Å². The molecule has 0 aromatic heterocycles. The minimum atomic E-state index is -5.95. The Kier molecular flexibility index (Phi) is 3.81. The van der Waals surface area contributed by atoms with Gasteiger partial charge in [-0.05, 0) is 6.42 Å². The number of ether oxygens (including phenoxy) is 1. The van der Waals surface area contributed by atoms with Crippen molar-refractivity contribution in [3.05, 3.63) is 0 Å². The van der Waals surface area contributed by atoms with Gasteiger partial charge in [-0.25, -0.2) is 0 Å². The van der Waals surface area contributed by atoms with Crippen LogP contribution < -0.4 is 5.32 Å². The van der Waals surface area contributed by atoms with Crippen LogP contribution in [0.4, 0.5) is 30.7 Å². The van der Waals surface area contributed by atoms with Gasteiger partial charge in [-0.3, -0.25) is 14.9 Å². The number of esters is 1. The molecule has 0 amide bonds. The van der Waals surface area contributed by atoms with Crippen molar-refractivity contribution in [3.8, 4) is 0 Å². The SMILES string of the molecule is O=C(F)CC[C@@H]1NC(C(F)(F)F)(C(F)(F)F)OC1=O. The summed E-state index contributed by atoms with van der Waals surface area (Å²) in [5.41, 5.74) is -4.83. The molecule has 0 unspecified atom stereocenters. The lowest BCUT2D eigenvalue weighted by Gasteiger charge is -2.31. The summed E-state index contributed by atoms with van der Waals surface area (Å²) in [6.07, 6.45) is -13.8. The van der Waals surface area contributed by atoms with Crippen LogP contribution in [0.25, 0.3) is 0 Å². The minimum absolute atomic E-state index is 0.873. The second kappa shape index (κ2) is 4.62. The van der Waals surface area contributed by atoms with Crippen LogP contribution in [-0.4, -0.2) is 36.1 Å². The standard InChI is InChI=1S/C8H6F7NO3/c9-4(17)2-1-3-5(18)19-6(16-3,7(10,11)12)8(13,14)15/h3,16H,1-2H2/t3-/m0/s1. The number of cyclic esters (lactones) is 1. The highest BCUT2D eigenvalue weighted by molar-refractivity contribution is 5.79. The molecule has 11 heteroatoms. The lowest BCUT2D eigenvalue weighted by molar-refractivity contribution is -0.369. The number of alkyl halides is 6. The van der Waals surface area contributed by atoms with Gasteiger partial charge in [0.05, 0.1) is 0 Å². The molecule has 110 valence electrons. The zero-order valence-electron chi connectivity index (χ0n) is 8.86. The van der Waals surface area contributed by atoms with E-state index in [0.717, 1.165) is 5.32 Å². The summed E-state index contributed by atoms with van der Waals surface area (Å²) in [5.74, 6) is -1.85. The summed E-state index contributed by atoms with van der Waals surface area (Å²) in [6, 6.07) is -4.03. The average molecular weight is 297 g/mol. The second-order valence-corrected chi connectivity index (χ2v) is 3.69. The van der Waals surface area contributed by atoms with Crippen molar-refractivity contribution in [1.29, 1.82) is 0 Å². The molecule has 0 aliphatic carbocycles. The van der Waals surface area contributed by atoms with Gasteiger partial charge < -0.3 is 4.74 Å². The molecular formula is C8H6F7NO3. The first kappa shape index (κ1) is 15.7. The summed E-state index contributed by atoms with van der Waals surface area (Å²) in [6.45, 7) is 0. The largest absolute Gasteiger partial charge is 0.452 e. The number of nitrogens with one attached hydrogen (secondary N) is 1. The van der Waals surface area contributed by atoms with Gasteiger partial charge in [-0.15, -0.1) is 0 Å². The number of carbonyl (C=O) groups excluding carboxylic acids is 2. The summed E-state index contributed by atoms with van der Waals surface area (Å²) in [7, 11) is 0. The molecule has 0 radical (unpaired) electrons. The second-order valence-electron chi connectivity index (χ2n) is 3.69. The van der Waals surface area contributed by atoms with E-state index in [2.05, 4.69) is 4.74 Å². The molecule has 0 saturated carbocycles. The maximum absolute atomic E-state index is 12.5. The Hall–Kier alpha value is -1.39. The molecule has 1 aliphatic heterocycles. The third-order valence-electron chi connectivity index (χ3n) is 2.34. The van der Waals surface area contributed by atoms with Gasteiger partial charge >= 0.3 is 30.1 Å². The lowest BCUT2D eigenvalue weighted by atomic mass is 10.1. The van der Waals surface area contributed by atoms with Crippen LogP contribution in [-0.2, 0) is 14.3 Å². The van der Waals surface area contributed by atoms with E-state index >= 15 is 0 Å². The average Bonchev–Trinajstić information content (AvgIpc) is 2.52. The molecule has 1 rings (SSSR count). The fraction of sp³-hybridized carbons (Fsp3) is 0.750. The van der Waals surface area contributed by atoms with Gasteiger partial charge in [0.25, 0.3) is 0 Å². The van der Waals surface area contributed by atoms with E-state index in [9.17, 15) is 40.3 Å². The fourth-order valence-electron chi connectivity index (χ4n) is 1.44. The third kappa shape index (κ3) is 2.80. The number of halogens is 7. The molecule has 1 fully saturated rings. The monoisotopic (exact) mass is 297 g/mol. The minimum Gasteiger partial charge on any atom is -0.424 e. The van der Waals surface area contributed by atoms with Crippen LogP contribution in [0.2, 0.25) is 0 Å². The first-order valence-electron chi connectivity index (χ1n) is 4.73. The molecule has 1 aliphatic rings. The molecule has 0 bridgehead atoms. The Morgan fingerprint density at radius 2 is 1.68 bits per heavy atom. The summed E-state index contributed by atoms with van der Waals surface area (Å²) >= 11 is 0. The molecule has 0 aromatic rings. The van der Waals surface area contributed by atoms with Crippen LogP contribution in [0, 0.1) is 0 Å². The molecule has 19 heavy (non-hydrogen) atoms. The molecule has 1 saturated heterocycles. The van der Waals surface area contributed by atoms with E-state index in [1.807, 2.05) is 0 Å². The van der Waals surface area contributed by atoms with Crippen LogP contribution >= 0.6 is 0 Å². The molecule has 0 spiro atoms. The quantitative estimate of drug-likeness (QED) is 0.488. The first-order chi connectivity index (χ1) is 8.41. The van der Waals surface area contributed by atoms with Crippen LogP contribution in [0.3, 0.4) is 0 Å². The van der Waals surface area contributed by atoms with Crippen molar-refractivity contribution in [2.24, 2.45) is 0 Å². The smallest absolute Gasteiger partial charge is 0.424 e. The van der Waals surface area contributed by atoms with Crippen molar-refractivity contribution in [1.82, 2.24) is 5.32 Å². The summed E-state index contributed by atoms with van der Waals surface area (Å²) in [5, 5.41) is 0.949. The maximum atomic E-state index is 12.5. The van der Waals surface area contributed by atoms with Gasteiger partial charge in [0.2, 0.25) is 0 Å². The van der Waals surface area contributed by atoms with Crippen LogP contribution in [0.15, 0.2) is 0 Å². The number of carbonyl (C=O) groups is 2. The fourth-order valence-corrected chi connectivity index (χ4v) is 1.44. The van der Waals surface area contributed by atoms with E-state index in [1.54, 1.807) is 0 Å². The highest BCUT2D eigenvalue weighted by Crippen LogP contribution is 2.47. The van der Waals surface area contributed by atoms with Crippen LogP contribution in [0.1, 0.15) is 12.8 Å². The van der Waals surface area contributed by atoms with Gasteiger partial charge in [-0.1, -0.05) is 0 Å². The van der Waals surface area contributed by atoms with Gasteiger partial charge in [0.1, 0.15) is 6.04 Å². The number of hydrogen-bond donors (Lipinski definition) is 1. The summed E-state index contributed by atoms with van der Waals surface area (Å²) in [4.78, 5) is 20.9. The van der Waals surface area contributed by atoms with Crippen molar-refractivity contribution >= 4 is 12.0 Å². The molecule has 1 atom stereocenters. The van der Waals surface area contributed by atoms with Gasteiger partial charge in [0, 0.05) is 6.42 Å². The zero-order valence-corrected chi connectivity index (χ0v) is 8.86.